The molecule has 2 heterocycles. The van der Waals surface area contributed by atoms with Gasteiger partial charge in [0.1, 0.15) is 16.4 Å². The molecule has 0 unspecified atom stereocenters. The van der Waals surface area contributed by atoms with Crippen LogP contribution < -0.4 is 10.7 Å². The average Bonchev–Trinajstić information content (AvgIpc) is 2.66. The number of nitrogens with zero attached hydrogens (tertiary/aromatic N) is 4. The van der Waals surface area contributed by atoms with Crippen LogP contribution in [0.5, 0.6) is 0 Å². The van der Waals surface area contributed by atoms with E-state index in [2.05, 4.69) is 20.4 Å². The first kappa shape index (κ1) is 7.14. The summed E-state index contributed by atoms with van der Waals surface area (Å²) in [6.07, 6.45) is 0. The third kappa shape index (κ3) is 0.859. The molecule has 3 rings (SSSR count). The van der Waals surface area contributed by atoms with Crippen LogP contribution in [0, 0.1) is 5.82 Å². The highest BCUT2D eigenvalue weighted by Gasteiger charge is 2.18. The second-order valence-electron chi connectivity index (χ2n) is 2.62. The molecule has 0 aliphatic carbocycles. The minimum Gasteiger partial charge on any atom is -0.270 e. The van der Waals surface area contributed by atoms with Crippen molar-refractivity contribution in [2.75, 3.05) is 5.88 Å². The lowest BCUT2D eigenvalue weighted by molar-refractivity contribution is 0.606. The number of hydrogen-bond donors (Lipinski definition) is 0. The number of thioether (sulfide) groups is 1. The van der Waals surface area contributed by atoms with E-state index in [4.69, 9.17) is 0 Å². The molecule has 0 radical (unpaired) electrons. The number of benzene rings is 1. The van der Waals surface area contributed by atoms with Crippen molar-refractivity contribution in [2.45, 2.75) is 4.90 Å². The monoisotopic (exact) mass is 194 g/mol. The maximum absolute atomic E-state index is 13.3. The minimum absolute atomic E-state index is 0.338. The summed E-state index contributed by atoms with van der Waals surface area (Å²) >= 11 is 1.47. The topological polar surface area (TPSA) is 49.4 Å². The molecule has 0 aromatic heterocycles. The van der Waals surface area contributed by atoms with Gasteiger partial charge in [0.25, 0.3) is 0 Å². The SMILES string of the molecule is Fc1cc2c(c3c1=NCS3)N=NN=2. The van der Waals surface area contributed by atoms with E-state index in [0.29, 0.717) is 22.3 Å². The van der Waals surface area contributed by atoms with E-state index in [9.17, 15) is 4.39 Å². The van der Waals surface area contributed by atoms with Crippen LogP contribution in [-0.4, -0.2) is 5.88 Å². The zero-order chi connectivity index (χ0) is 8.84. The minimum atomic E-state index is -0.338. The van der Waals surface area contributed by atoms with Crippen LogP contribution in [0.4, 0.5) is 10.1 Å². The largest absolute Gasteiger partial charge is 0.270 e. The van der Waals surface area contributed by atoms with Gasteiger partial charge in [-0.1, -0.05) is 11.8 Å². The Balaban J connectivity index is 2.53. The molecule has 0 saturated heterocycles. The first-order valence-electron chi connectivity index (χ1n) is 3.65. The first-order chi connectivity index (χ1) is 6.36. The summed E-state index contributed by atoms with van der Waals surface area (Å²) in [4.78, 5) is 4.78. The molecule has 2 aliphatic heterocycles. The van der Waals surface area contributed by atoms with Crippen molar-refractivity contribution in [1.29, 1.82) is 0 Å². The van der Waals surface area contributed by atoms with Crippen molar-refractivity contribution in [3.63, 3.8) is 0 Å². The zero-order valence-corrected chi connectivity index (χ0v) is 7.18. The molecule has 1 aromatic carbocycles. The number of rotatable bonds is 0. The lowest BCUT2D eigenvalue weighted by Gasteiger charge is -1.94. The summed E-state index contributed by atoms with van der Waals surface area (Å²) in [5.41, 5.74) is 0.655. The fraction of sp³-hybridized carbons (Fsp3) is 0.143. The van der Waals surface area contributed by atoms with Crippen molar-refractivity contribution in [3.05, 3.63) is 22.6 Å². The smallest absolute Gasteiger partial charge is 0.151 e. The molecule has 1 aromatic rings. The Morgan fingerprint density at radius 3 is 3.31 bits per heavy atom. The third-order valence-corrected chi connectivity index (χ3v) is 2.82. The maximum Gasteiger partial charge on any atom is 0.151 e. The average molecular weight is 194 g/mol. The Labute approximate surface area is 76.3 Å². The molecule has 0 spiro atoms. The molecule has 6 heteroatoms. The van der Waals surface area contributed by atoms with E-state index in [1.54, 1.807) is 0 Å². The lowest BCUT2D eigenvalue weighted by Crippen LogP contribution is -2.14. The van der Waals surface area contributed by atoms with Crippen molar-refractivity contribution in [2.24, 2.45) is 20.4 Å². The molecular formula is C7H3FN4S. The first-order valence-corrected chi connectivity index (χ1v) is 4.63. The summed E-state index contributed by atoms with van der Waals surface area (Å²) < 4.78 is 13.3. The Morgan fingerprint density at radius 1 is 1.46 bits per heavy atom. The quantitative estimate of drug-likeness (QED) is 0.611. The molecule has 0 N–H and O–H groups in total. The van der Waals surface area contributed by atoms with Crippen LogP contribution in [-0.2, 0) is 0 Å². The summed E-state index contributed by atoms with van der Waals surface area (Å²) in [5, 5.41) is 11.9. The fourth-order valence-electron chi connectivity index (χ4n) is 1.33. The van der Waals surface area contributed by atoms with Crippen molar-refractivity contribution in [1.82, 2.24) is 0 Å². The molecule has 13 heavy (non-hydrogen) atoms. The Morgan fingerprint density at radius 2 is 2.38 bits per heavy atom. The normalized spacial score (nSPS) is 16.4. The highest BCUT2D eigenvalue weighted by atomic mass is 32.2. The van der Waals surface area contributed by atoms with E-state index in [1.165, 1.54) is 17.8 Å². The second kappa shape index (κ2) is 2.35. The Kier molecular flexibility index (Phi) is 1.29. The van der Waals surface area contributed by atoms with Crippen LogP contribution in [0.15, 0.2) is 31.4 Å². The summed E-state index contributed by atoms with van der Waals surface area (Å²) in [6.45, 7) is 0. The van der Waals surface area contributed by atoms with Crippen LogP contribution in [0.2, 0.25) is 0 Å². The third-order valence-electron chi connectivity index (χ3n) is 1.89. The van der Waals surface area contributed by atoms with Gasteiger partial charge in [0.15, 0.2) is 5.82 Å². The van der Waals surface area contributed by atoms with Gasteiger partial charge in [0, 0.05) is 6.07 Å². The molecule has 4 nitrogen and oxygen atoms in total. The highest BCUT2D eigenvalue weighted by molar-refractivity contribution is 7.99. The Bertz CT molecular complexity index is 536. The van der Waals surface area contributed by atoms with Gasteiger partial charge in [-0.25, -0.2) is 4.39 Å². The predicted octanol–water partition coefficient (Wildman–Crippen LogP) is 1.14. The fourth-order valence-corrected chi connectivity index (χ4v) is 2.23. The molecule has 0 fully saturated rings. The van der Waals surface area contributed by atoms with Crippen LogP contribution in [0.1, 0.15) is 0 Å². The molecular weight excluding hydrogens is 191 g/mol. The van der Waals surface area contributed by atoms with Crippen LogP contribution >= 0.6 is 11.8 Å². The predicted molar refractivity (Wildman–Crippen MR) is 44.0 cm³/mol. The van der Waals surface area contributed by atoms with Gasteiger partial charge in [0.2, 0.25) is 0 Å². The zero-order valence-electron chi connectivity index (χ0n) is 6.36. The van der Waals surface area contributed by atoms with Crippen LogP contribution in [0.25, 0.3) is 0 Å². The van der Waals surface area contributed by atoms with Gasteiger partial charge in [-0.05, 0) is 5.22 Å². The van der Waals surface area contributed by atoms with Gasteiger partial charge in [0.05, 0.1) is 10.8 Å². The van der Waals surface area contributed by atoms with E-state index in [1.807, 2.05) is 0 Å². The van der Waals surface area contributed by atoms with Crippen molar-refractivity contribution >= 4 is 17.4 Å². The van der Waals surface area contributed by atoms with Gasteiger partial charge < -0.3 is 0 Å². The molecule has 0 amide bonds. The summed E-state index contributed by atoms with van der Waals surface area (Å²) in [6, 6.07) is 1.32. The van der Waals surface area contributed by atoms with E-state index < -0.39 is 0 Å². The van der Waals surface area contributed by atoms with Gasteiger partial charge in [-0.2, -0.15) is 0 Å². The standard InChI is InChI=1S/C7H3FN4S/c8-3-1-4-6(11-12-10-4)7-5(3)9-2-13-7/h1H,2H2. The molecule has 0 bridgehead atoms. The van der Waals surface area contributed by atoms with Crippen molar-refractivity contribution in [3.8, 4) is 0 Å². The molecule has 64 valence electrons. The number of fused-ring (bicyclic) bond motifs is 3. The molecule has 2 aliphatic rings. The second-order valence-corrected chi connectivity index (χ2v) is 3.58. The number of halogens is 1. The van der Waals surface area contributed by atoms with E-state index >= 15 is 0 Å². The number of hydrogen-bond acceptors (Lipinski definition) is 5. The van der Waals surface area contributed by atoms with Gasteiger partial charge >= 0.3 is 0 Å². The highest BCUT2D eigenvalue weighted by Crippen LogP contribution is 2.28. The van der Waals surface area contributed by atoms with Crippen LogP contribution in [0.3, 0.4) is 0 Å². The Hall–Kier alpha value is -1.30. The summed E-state index contributed by atoms with van der Waals surface area (Å²) in [5.74, 6) is 0.216. The van der Waals surface area contributed by atoms with Gasteiger partial charge in [-0.3, -0.25) is 4.99 Å². The lowest BCUT2D eigenvalue weighted by atomic mass is 10.3. The molecule has 0 saturated carbocycles. The molecule has 0 atom stereocenters. The summed E-state index contributed by atoms with van der Waals surface area (Å²) in [7, 11) is 0. The van der Waals surface area contributed by atoms with Gasteiger partial charge in [-0.15, -0.1) is 10.2 Å². The van der Waals surface area contributed by atoms with E-state index in [0.717, 1.165) is 4.90 Å². The maximum atomic E-state index is 13.3. The van der Waals surface area contributed by atoms with E-state index in [-0.39, 0.29) is 5.82 Å². The van der Waals surface area contributed by atoms with Crippen molar-refractivity contribution < 1.29 is 4.39 Å².